The molecule has 26 heavy (non-hydrogen) atoms. The number of imidazole rings is 1. The van der Waals surface area contributed by atoms with Gasteiger partial charge in [-0.3, -0.25) is 4.98 Å². The Kier molecular flexibility index (Phi) is 4.14. The van der Waals surface area contributed by atoms with Crippen molar-refractivity contribution in [3.8, 4) is 11.5 Å². The van der Waals surface area contributed by atoms with Gasteiger partial charge in [-0.05, 0) is 12.1 Å². The molecular formula is C15H13F3N4O3S. The summed E-state index contributed by atoms with van der Waals surface area (Å²) in [5.74, 6) is -0.124. The highest BCUT2D eigenvalue weighted by Gasteiger charge is 2.40. The summed E-state index contributed by atoms with van der Waals surface area (Å²) >= 11 is 0. The second-order valence-corrected chi connectivity index (χ2v) is 7.75. The van der Waals surface area contributed by atoms with E-state index >= 15 is 0 Å². The van der Waals surface area contributed by atoms with Crippen LogP contribution in [-0.2, 0) is 23.1 Å². The summed E-state index contributed by atoms with van der Waals surface area (Å²) in [4.78, 5) is 8.06. The summed E-state index contributed by atoms with van der Waals surface area (Å²) in [7, 11) is -2.17. The molecule has 0 saturated heterocycles. The topological polar surface area (TPSA) is 91.8 Å². The number of alkyl halides is 3. The fourth-order valence-electron chi connectivity index (χ4n) is 2.55. The first-order valence-electron chi connectivity index (χ1n) is 7.41. The van der Waals surface area contributed by atoms with Crippen LogP contribution in [0.1, 0.15) is 12.6 Å². The fourth-order valence-corrected chi connectivity index (χ4v) is 3.58. The molecule has 0 atom stereocenters. The molecule has 0 fully saturated rings. The third kappa shape index (κ3) is 2.87. The van der Waals surface area contributed by atoms with Crippen molar-refractivity contribution in [3.05, 3.63) is 41.5 Å². The Morgan fingerprint density at radius 2 is 2.04 bits per heavy atom. The Hall–Kier alpha value is -2.69. The molecule has 0 radical (unpaired) electrons. The average Bonchev–Trinajstić information content (AvgIpc) is 2.89. The molecule has 0 bridgehead atoms. The number of aromatic nitrogens is 4. The largest absolute Gasteiger partial charge is 0.618 e. The molecule has 3 aromatic heterocycles. The molecule has 11 heteroatoms. The van der Waals surface area contributed by atoms with Gasteiger partial charge in [0, 0.05) is 19.3 Å². The number of rotatable bonds is 3. The van der Waals surface area contributed by atoms with Gasteiger partial charge in [-0.1, -0.05) is 6.92 Å². The number of nitrogens with zero attached hydrogens (tertiary/aromatic N) is 4. The molecular weight excluding hydrogens is 373 g/mol. The molecule has 0 aromatic carbocycles. The molecule has 7 nitrogen and oxygen atoms in total. The van der Waals surface area contributed by atoms with Gasteiger partial charge in [-0.25, -0.2) is 13.4 Å². The van der Waals surface area contributed by atoms with Gasteiger partial charge in [0.2, 0.25) is 6.20 Å². The predicted molar refractivity (Wildman–Crippen MR) is 85.6 cm³/mol. The van der Waals surface area contributed by atoms with Crippen LogP contribution in [-0.4, -0.2) is 28.7 Å². The van der Waals surface area contributed by atoms with Crippen LogP contribution in [0.2, 0.25) is 0 Å². The van der Waals surface area contributed by atoms with Crippen molar-refractivity contribution in [2.75, 3.05) is 5.75 Å². The van der Waals surface area contributed by atoms with E-state index in [1.165, 1.54) is 36.9 Å². The molecule has 0 saturated carbocycles. The molecule has 0 aliphatic rings. The van der Waals surface area contributed by atoms with Gasteiger partial charge in [-0.15, -0.1) is 0 Å². The summed E-state index contributed by atoms with van der Waals surface area (Å²) in [6.07, 6.45) is -2.72. The maximum atomic E-state index is 12.9. The molecule has 0 aliphatic heterocycles. The Labute approximate surface area is 146 Å². The molecule has 0 spiro atoms. The zero-order valence-electron chi connectivity index (χ0n) is 13.6. The number of sulfone groups is 1. The predicted octanol–water partition coefficient (Wildman–Crippen LogP) is 2.08. The summed E-state index contributed by atoms with van der Waals surface area (Å²) in [5, 5.41) is 11.7. The summed E-state index contributed by atoms with van der Waals surface area (Å²) in [6, 6.07) is 3.43. The molecule has 3 rings (SSSR count). The van der Waals surface area contributed by atoms with E-state index in [9.17, 15) is 26.8 Å². The van der Waals surface area contributed by atoms with Crippen LogP contribution in [0.4, 0.5) is 13.2 Å². The van der Waals surface area contributed by atoms with E-state index in [2.05, 4.69) is 9.97 Å². The molecule has 0 aliphatic carbocycles. The Balaban J connectivity index is 2.31. The van der Waals surface area contributed by atoms with Crippen LogP contribution in [0, 0.1) is 5.21 Å². The van der Waals surface area contributed by atoms with Crippen LogP contribution in [0.25, 0.3) is 22.6 Å². The van der Waals surface area contributed by atoms with Crippen LogP contribution in [0.15, 0.2) is 35.5 Å². The van der Waals surface area contributed by atoms with Crippen molar-refractivity contribution in [1.82, 2.24) is 14.5 Å². The third-order valence-corrected chi connectivity index (χ3v) is 5.67. The van der Waals surface area contributed by atoms with Crippen LogP contribution < -0.4 is 4.73 Å². The van der Waals surface area contributed by atoms with E-state index in [4.69, 9.17) is 0 Å². The Morgan fingerprint density at radius 1 is 1.35 bits per heavy atom. The van der Waals surface area contributed by atoms with Crippen molar-refractivity contribution in [2.45, 2.75) is 18.0 Å². The lowest BCUT2D eigenvalue weighted by Crippen LogP contribution is -2.36. The Morgan fingerprint density at radius 3 is 2.65 bits per heavy atom. The van der Waals surface area contributed by atoms with Crippen molar-refractivity contribution in [3.63, 3.8) is 0 Å². The molecule has 0 amide bonds. The maximum Gasteiger partial charge on any atom is 0.478 e. The highest BCUT2D eigenvalue weighted by molar-refractivity contribution is 7.91. The zero-order chi connectivity index (χ0) is 19.3. The number of halogens is 3. The van der Waals surface area contributed by atoms with Crippen molar-refractivity contribution >= 4 is 20.9 Å². The minimum Gasteiger partial charge on any atom is -0.618 e. The highest BCUT2D eigenvalue weighted by Crippen LogP contribution is 2.31. The molecule has 0 unspecified atom stereocenters. The lowest BCUT2D eigenvalue weighted by molar-refractivity contribution is -0.627. The number of fused-ring (bicyclic) bond motifs is 1. The first-order chi connectivity index (χ1) is 12.1. The molecule has 3 heterocycles. The van der Waals surface area contributed by atoms with Gasteiger partial charge in [0.15, 0.2) is 15.7 Å². The number of aryl methyl sites for hydroxylation is 1. The van der Waals surface area contributed by atoms with E-state index in [1.54, 1.807) is 0 Å². The zero-order valence-corrected chi connectivity index (χ0v) is 14.5. The summed E-state index contributed by atoms with van der Waals surface area (Å²) in [5.41, 5.74) is -1.36. The van der Waals surface area contributed by atoms with E-state index in [0.29, 0.717) is 6.07 Å². The lowest BCUT2D eigenvalue weighted by atomic mass is 10.3. The molecule has 138 valence electrons. The fraction of sp³-hybridized carbons (Fsp3) is 0.267. The van der Waals surface area contributed by atoms with Crippen LogP contribution in [0.3, 0.4) is 0 Å². The number of hydrogen-bond acceptors (Lipinski definition) is 5. The smallest absolute Gasteiger partial charge is 0.478 e. The average molecular weight is 386 g/mol. The maximum absolute atomic E-state index is 12.9. The molecule has 0 N–H and O–H groups in total. The van der Waals surface area contributed by atoms with E-state index in [1.807, 2.05) is 0 Å². The van der Waals surface area contributed by atoms with E-state index < -0.39 is 21.7 Å². The van der Waals surface area contributed by atoms with E-state index in [0.717, 1.165) is 6.20 Å². The second-order valence-electron chi connectivity index (χ2n) is 5.50. The van der Waals surface area contributed by atoms with Crippen LogP contribution in [0.5, 0.6) is 0 Å². The first kappa shape index (κ1) is 18.1. The van der Waals surface area contributed by atoms with Gasteiger partial charge in [0.25, 0.3) is 0 Å². The lowest BCUT2D eigenvalue weighted by Gasteiger charge is -2.08. The summed E-state index contributed by atoms with van der Waals surface area (Å²) in [6.45, 7) is 1.47. The van der Waals surface area contributed by atoms with Gasteiger partial charge >= 0.3 is 11.9 Å². The standard InChI is InChI=1S/C15H13F3N4O3S/c1-3-26(24,25)11-5-4-6-19-13(11)14-20-9-7-12(15(16,17)18)22(23)8-10(9)21(14)2/h4-8H,3H2,1-2H3. The van der Waals surface area contributed by atoms with Gasteiger partial charge in [0.05, 0.1) is 10.6 Å². The van der Waals surface area contributed by atoms with Crippen molar-refractivity contribution < 1.29 is 26.3 Å². The van der Waals surface area contributed by atoms with Gasteiger partial charge < -0.3 is 9.77 Å². The molecule has 3 aromatic rings. The summed E-state index contributed by atoms with van der Waals surface area (Å²) < 4.78 is 64.4. The van der Waals surface area contributed by atoms with Gasteiger partial charge in [0.1, 0.15) is 16.7 Å². The second kappa shape index (κ2) is 5.94. The number of pyridine rings is 2. The monoisotopic (exact) mass is 386 g/mol. The van der Waals surface area contributed by atoms with Crippen LogP contribution >= 0.6 is 0 Å². The van der Waals surface area contributed by atoms with E-state index in [-0.39, 0.29) is 37.9 Å². The normalized spacial score (nSPS) is 12.7. The van der Waals surface area contributed by atoms with Crippen molar-refractivity contribution in [1.29, 1.82) is 0 Å². The first-order valence-corrected chi connectivity index (χ1v) is 9.06. The SMILES string of the molecule is CCS(=O)(=O)c1cccnc1-c1nc2cc(C(F)(F)F)[n+]([O-])cc2n1C. The quantitative estimate of drug-likeness (QED) is 0.508. The highest BCUT2D eigenvalue weighted by atomic mass is 32.2. The third-order valence-electron chi connectivity index (χ3n) is 3.91. The van der Waals surface area contributed by atoms with Gasteiger partial charge in [-0.2, -0.15) is 17.9 Å². The minimum atomic E-state index is -4.84. The van der Waals surface area contributed by atoms with Crippen molar-refractivity contribution in [2.24, 2.45) is 7.05 Å². The minimum absolute atomic E-state index is 0.0130. The number of hydrogen-bond donors (Lipinski definition) is 0. The Bertz CT molecular complexity index is 1110.